The quantitative estimate of drug-likeness (QED) is 0.645. The lowest BCUT2D eigenvalue weighted by molar-refractivity contribution is -0.159. The molecule has 4 heteroatoms. The summed E-state index contributed by atoms with van der Waals surface area (Å²) < 4.78 is 0. The molecule has 0 amide bonds. The molecule has 4 aliphatic rings. The molecular weight excluding hydrogens is 388 g/mol. The first-order valence-corrected chi connectivity index (χ1v) is 12.8. The van der Waals surface area contributed by atoms with Crippen LogP contribution in [-0.4, -0.2) is 33.5 Å². The highest BCUT2D eigenvalue weighted by Gasteiger charge is 2.63. The third kappa shape index (κ3) is 3.84. The molecule has 4 saturated carbocycles. The van der Waals surface area contributed by atoms with E-state index < -0.39 is 11.7 Å². The summed E-state index contributed by atoms with van der Waals surface area (Å²) in [5, 5.41) is 20.4. The number of aliphatic hydroxyl groups is 2. The second kappa shape index (κ2) is 7.94. The molecular formula is C27H44O4. The minimum atomic E-state index is -1.05. The molecule has 4 nitrogen and oxygen atoms in total. The molecule has 176 valence electrons. The minimum Gasteiger partial charge on any atom is -0.390 e. The highest BCUT2D eigenvalue weighted by molar-refractivity contribution is 5.86. The Balaban J connectivity index is 1.50. The summed E-state index contributed by atoms with van der Waals surface area (Å²) in [6.45, 7) is 10.5. The van der Waals surface area contributed by atoms with Crippen LogP contribution in [0.3, 0.4) is 0 Å². The molecule has 31 heavy (non-hydrogen) atoms. The maximum atomic E-state index is 13.4. The van der Waals surface area contributed by atoms with Gasteiger partial charge in [0.05, 0.1) is 11.7 Å². The summed E-state index contributed by atoms with van der Waals surface area (Å²) in [5.74, 6) is 3.26. The average Bonchev–Trinajstić information content (AvgIpc) is 3.03. The maximum absolute atomic E-state index is 13.4. The van der Waals surface area contributed by atoms with Crippen molar-refractivity contribution in [2.75, 3.05) is 0 Å². The summed E-state index contributed by atoms with van der Waals surface area (Å²) in [6, 6.07) is 0. The molecule has 2 N–H and O–H groups in total. The van der Waals surface area contributed by atoms with Gasteiger partial charge in [0.2, 0.25) is 0 Å². The van der Waals surface area contributed by atoms with E-state index in [2.05, 4.69) is 20.8 Å². The average molecular weight is 433 g/mol. The highest BCUT2D eigenvalue weighted by Crippen LogP contribution is 2.67. The first kappa shape index (κ1) is 23.4. The number of rotatable bonds is 5. The molecule has 9 atom stereocenters. The lowest BCUT2D eigenvalue weighted by atomic mass is 9.44. The van der Waals surface area contributed by atoms with Gasteiger partial charge in [-0.05, 0) is 99.2 Å². The van der Waals surface area contributed by atoms with Crippen LogP contribution in [0.2, 0.25) is 0 Å². The van der Waals surface area contributed by atoms with Crippen molar-refractivity contribution in [3.63, 3.8) is 0 Å². The number of aliphatic hydroxyl groups excluding tert-OH is 1. The molecule has 4 rings (SSSR count). The van der Waals surface area contributed by atoms with Crippen molar-refractivity contribution >= 4 is 11.6 Å². The van der Waals surface area contributed by atoms with E-state index in [4.69, 9.17) is 0 Å². The third-order valence-corrected chi connectivity index (χ3v) is 10.8. The van der Waals surface area contributed by atoms with E-state index >= 15 is 0 Å². The van der Waals surface area contributed by atoms with Crippen molar-refractivity contribution in [2.24, 2.45) is 46.3 Å². The van der Waals surface area contributed by atoms with E-state index in [1.165, 1.54) is 12.8 Å². The molecule has 0 spiro atoms. The van der Waals surface area contributed by atoms with E-state index in [0.717, 1.165) is 25.7 Å². The molecule has 0 aromatic heterocycles. The van der Waals surface area contributed by atoms with Crippen LogP contribution in [0.4, 0.5) is 0 Å². The summed E-state index contributed by atoms with van der Waals surface area (Å²) in [5.41, 5.74) is -0.695. The number of Topliss-reactive ketones (excluding diaryl/α,β-unsaturated/α-hetero) is 2. The van der Waals surface area contributed by atoms with Crippen LogP contribution in [0.5, 0.6) is 0 Å². The topological polar surface area (TPSA) is 74.6 Å². The fourth-order valence-corrected chi connectivity index (χ4v) is 8.67. The Morgan fingerprint density at radius 3 is 2.35 bits per heavy atom. The molecule has 0 aromatic rings. The largest absolute Gasteiger partial charge is 0.390 e. The van der Waals surface area contributed by atoms with Crippen LogP contribution < -0.4 is 0 Å². The second-order valence-electron chi connectivity index (χ2n) is 12.8. The molecule has 0 bridgehead atoms. The minimum absolute atomic E-state index is 0.161. The van der Waals surface area contributed by atoms with Crippen LogP contribution in [0.15, 0.2) is 0 Å². The van der Waals surface area contributed by atoms with Crippen molar-refractivity contribution in [1.82, 2.24) is 0 Å². The Morgan fingerprint density at radius 1 is 1.00 bits per heavy atom. The van der Waals surface area contributed by atoms with E-state index in [9.17, 15) is 19.8 Å². The Morgan fingerprint density at radius 2 is 1.68 bits per heavy atom. The Bertz CT molecular complexity index is 723. The monoisotopic (exact) mass is 432 g/mol. The van der Waals surface area contributed by atoms with Crippen LogP contribution in [0, 0.1) is 46.3 Å². The summed E-state index contributed by atoms with van der Waals surface area (Å²) in [4.78, 5) is 25.6. The normalized spacial score (nSPS) is 44.9. The molecule has 4 fully saturated rings. The van der Waals surface area contributed by atoms with Gasteiger partial charge >= 0.3 is 0 Å². The van der Waals surface area contributed by atoms with E-state index in [-0.39, 0.29) is 22.7 Å². The smallest absolute Gasteiger partial charge is 0.136 e. The summed E-state index contributed by atoms with van der Waals surface area (Å²) >= 11 is 0. The SMILES string of the molecule is C[C@H](CCC(O)C(C)(C)O)[C@H]1CC[C@H]2[C@@H]3C(=O)CC4CC(=O)CC[C@]4(C)[C@H]3CC[C@]12C. The van der Waals surface area contributed by atoms with Gasteiger partial charge in [0.1, 0.15) is 11.6 Å². The predicted octanol–water partition coefficient (Wildman–Crippen LogP) is 4.94. The molecule has 0 radical (unpaired) electrons. The summed E-state index contributed by atoms with van der Waals surface area (Å²) in [6.07, 6.45) is 8.40. The van der Waals surface area contributed by atoms with Gasteiger partial charge in [0.25, 0.3) is 0 Å². The van der Waals surface area contributed by atoms with Crippen molar-refractivity contribution in [1.29, 1.82) is 0 Å². The lowest BCUT2D eigenvalue weighted by Gasteiger charge is -2.59. The van der Waals surface area contributed by atoms with Gasteiger partial charge in [-0.1, -0.05) is 20.8 Å². The van der Waals surface area contributed by atoms with Crippen LogP contribution in [0.25, 0.3) is 0 Å². The predicted molar refractivity (Wildman–Crippen MR) is 121 cm³/mol. The van der Waals surface area contributed by atoms with Gasteiger partial charge in [-0.2, -0.15) is 0 Å². The van der Waals surface area contributed by atoms with E-state index in [0.29, 0.717) is 60.9 Å². The van der Waals surface area contributed by atoms with Gasteiger partial charge < -0.3 is 10.2 Å². The van der Waals surface area contributed by atoms with Crippen molar-refractivity contribution in [2.45, 2.75) is 111 Å². The van der Waals surface area contributed by atoms with Crippen molar-refractivity contribution in [3.8, 4) is 0 Å². The lowest BCUT2D eigenvalue weighted by Crippen LogP contribution is -2.57. The molecule has 0 aromatic carbocycles. The fourth-order valence-electron chi connectivity index (χ4n) is 8.67. The molecule has 0 saturated heterocycles. The maximum Gasteiger partial charge on any atom is 0.136 e. The summed E-state index contributed by atoms with van der Waals surface area (Å²) in [7, 11) is 0. The fraction of sp³-hybridized carbons (Fsp3) is 0.926. The zero-order valence-electron chi connectivity index (χ0n) is 20.3. The first-order valence-electron chi connectivity index (χ1n) is 12.8. The molecule has 0 aliphatic heterocycles. The Labute approximate surface area is 188 Å². The molecule has 4 aliphatic carbocycles. The zero-order chi connectivity index (χ0) is 22.8. The number of carbonyl (C=O) groups excluding carboxylic acids is 2. The number of hydrogen-bond acceptors (Lipinski definition) is 4. The number of carbonyl (C=O) groups is 2. The highest BCUT2D eigenvalue weighted by atomic mass is 16.3. The van der Waals surface area contributed by atoms with Gasteiger partial charge in [-0.15, -0.1) is 0 Å². The van der Waals surface area contributed by atoms with Gasteiger partial charge in [0.15, 0.2) is 0 Å². The van der Waals surface area contributed by atoms with Crippen LogP contribution in [0.1, 0.15) is 98.8 Å². The number of ketones is 2. The Hall–Kier alpha value is -0.740. The zero-order valence-corrected chi connectivity index (χ0v) is 20.3. The van der Waals surface area contributed by atoms with Crippen LogP contribution >= 0.6 is 0 Å². The first-order chi connectivity index (χ1) is 14.4. The number of hydrogen-bond donors (Lipinski definition) is 2. The van der Waals surface area contributed by atoms with Gasteiger partial charge in [-0.25, -0.2) is 0 Å². The Kier molecular flexibility index (Phi) is 6.00. The second-order valence-corrected chi connectivity index (χ2v) is 12.8. The molecule has 2 unspecified atom stereocenters. The standard InChI is InChI=1S/C27H44O4/c1-16(6-9-23(30)25(2,3)31)19-7-8-20-24-21(11-13-27(19,20)5)26(4)12-10-18(28)14-17(26)15-22(24)29/h16-17,19-21,23-24,30-31H,6-15H2,1-5H3/t16-,17?,19-,20+,21+,23?,24+,26+,27-/m1/s1. The van der Waals surface area contributed by atoms with Gasteiger partial charge in [-0.3, -0.25) is 9.59 Å². The van der Waals surface area contributed by atoms with E-state index in [1.54, 1.807) is 13.8 Å². The van der Waals surface area contributed by atoms with Crippen molar-refractivity contribution in [3.05, 3.63) is 0 Å². The van der Waals surface area contributed by atoms with Crippen LogP contribution in [-0.2, 0) is 9.59 Å². The van der Waals surface area contributed by atoms with Crippen molar-refractivity contribution < 1.29 is 19.8 Å². The molecule has 0 heterocycles. The number of fused-ring (bicyclic) bond motifs is 5. The van der Waals surface area contributed by atoms with Gasteiger partial charge in [0, 0.05) is 25.2 Å². The third-order valence-electron chi connectivity index (χ3n) is 10.8. The van der Waals surface area contributed by atoms with E-state index in [1.807, 2.05) is 0 Å².